The molecule has 0 spiro atoms. The Hall–Kier alpha value is -3.56. The molecule has 0 amide bonds. The molecule has 1 N–H and O–H groups in total. The Bertz CT molecular complexity index is 1060. The second-order valence-corrected chi connectivity index (χ2v) is 6.82. The van der Waals surface area contributed by atoms with Crippen molar-refractivity contribution in [3.8, 4) is 17.1 Å². The highest BCUT2D eigenvalue weighted by Crippen LogP contribution is 2.26. The van der Waals surface area contributed by atoms with Gasteiger partial charge >= 0.3 is 5.97 Å². The van der Waals surface area contributed by atoms with Gasteiger partial charge in [0.1, 0.15) is 29.2 Å². The summed E-state index contributed by atoms with van der Waals surface area (Å²) < 4.78 is 8.61. The first-order valence-corrected chi connectivity index (χ1v) is 9.27. The number of carbonyl (C=O) groups is 1. The van der Waals surface area contributed by atoms with Crippen molar-refractivity contribution in [2.24, 2.45) is 5.92 Å². The SMILES string of the molecule is CCc1ncc(C(=O)O)c(=O)n1-c1ccc(OCCC(C)C)c(-n2cnnn2)c1. The van der Waals surface area contributed by atoms with Crippen LogP contribution < -0.4 is 10.3 Å². The molecule has 0 saturated heterocycles. The molecule has 152 valence electrons. The van der Waals surface area contributed by atoms with Crippen LogP contribution >= 0.6 is 0 Å². The molecular formula is C19H22N6O4. The summed E-state index contributed by atoms with van der Waals surface area (Å²) in [7, 11) is 0. The number of rotatable bonds is 8. The second kappa shape index (κ2) is 8.63. The monoisotopic (exact) mass is 398 g/mol. The van der Waals surface area contributed by atoms with Gasteiger partial charge in [0.05, 0.1) is 12.3 Å². The summed E-state index contributed by atoms with van der Waals surface area (Å²) in [5.74, 6) is 0.154. The largest absolute Gasteiger partial charge is 0.491 e. The first kappa shape index (κ1) is 20.2. The summed E-state index contributed by atoms with van der Waals surface area (Å²) in [6, 6.07) is 5.08. The average molecular weight is 398 g/mol. The van der Waals surface area contributed by atoms with Gasteiger partial charge in [-0.25, -0.2) is 9.78 Å². The third-order valence-electron chi connectivity index (χ3n) is 4.33. The summed E-state index contributed by atoms with van der Waals surface area (Å²) in [6.07, 6.45) is 3.83. The summed E-state index contributed by atoms with van der Waals surface area (Å²) in [4.78, 5) is 28.3. The van der Waals surface area contributed by atoms with Gasteiger partial charge in [-0.1, -0.05) is 20.8 Å². The fourth-order valence-electron chi connectivity index (χ4n) is 2.77. The van der Waals surface area contributed by atoms with E-state index in [1.807, 2.05) is 6.92 Å². The minimum absolute atomic E-state index is 0.400. The second-order valence-electron chi connectivity index (χ2n) is 6.82. The highest BCUT2D eigenvalue weighted by molar-refractivity contribution is 5.86. The molecule has 0 atom stereocenters. The summed E-state index contributed by atoms with van der Waals surface area (Å²) in [6.45, 7) is 6.57. The van der Waals surface area contributed by atoms with Gasteiger partial charge in [0.2, 0.25) is 0 Å². The lowest BCUT2D eigenvalue weighted by Gasteiger charge is -2.16. The molecule has 0 aliphatic carbocycles. The topological polar surface area (TPSA) is 125 Å². The molecule has 0 saturated carbocycles. The quantitative estimate of drug-likeness (QED) is 0.610. The zero-order valence-electron chi connectivity index (χ0n) is 16.4. The molecule has 0 unspecified atom stereocenters. The predicted octanol–water partition coefficient (Wildman–Crippen LogP) is 1.89. The van der Waals surface area contributed by atoms with Crippen LogP contribution in [0.1, 0.15) is 43.4 Å². The Morgan fingerprint density at radius 2 is 2.10 bits per heavy atom. The smallest absolute Gasteiger partial charge is 0.342 e. The van der Waals surface area contributed by atoms with Crippen LogP contribution in [0.15, 0.2) is 35.5 Å². The van der Waals surface area contributed by atoms with Gasteiger partial charge in [0.25, 0.3) is 5.56 Å². The minimum atomic E-state index is -1.33. The van der Waals surface area contributed by atoms with Crippen LogP contribution in [-0.2, 0) is 6.42 Å². The highest BCUT2D eigenvalue weighted by Gasteiger charge is 2.18. The summed E-state index contributed by atoms with van der Waals surface area (Å²) >= 11 is 0. The number of carboxylic acids is 1. The number of benzene rings is 1. The van der Waals surface area contributed by atoms with E-state index in [0.717, 1.165) is 12.6 Å². The lowest BCUT2D eigenvalue weighted by Crippen LogP contribution is -2.28. The first-order valence-electron chi connectivity index (χ1n) is 9.27. The van der Waals surface area contributed by atoms with Crippen LogP contribution in [0, 0.1) is 5.92 Å². The lowest BCUT2D eigenvalue weighted by atomic mass is 10.1. The molecule has 2 heterocycles. The van der Waals surface area contributed by atoms with E-state index in [9.17, 15) is 14.7 Å². The fourth-order valence-corrected chi connectivity index (χ4v) is 2.77. The Labute approximate surface area is 166 Å². The van der Waals surface area contributed by atoms with Crippen molar-refractivity contribution in [2.45, 2.75) is 33.6 Å². The van der Waals surface area contributed by atoms with Crippen molar-refractivity contribution in [3.63, 3.8) is 0 Å². The molecule has 1 aromatic carbocycles. The zero-order valence-corrected chi connectivity index (χ0v) is 16.4. The van der Waals surface area contributed by atoms with Crippen molar-refractivity contribution in [1.29, 1.82) is 0 Å². The van der Waals surface area contributed by atoms with E-state index >= 15 is 0 Å². The third-order valence-corrected chi connectivity index (χ3v) is 4.33. The van der Waals surface area contributed by atoms with Gasteiger partial charge in [-0.2, -0.15) is 4.68 Å². The molecule has 0 fully saturated rings. The fraction of sp³-hybridized carbons (Fsp3) is 0.368. The number of ether oxygens (including phenoxy) is 1. The van der Waals surface area contributed by atoms with E-state index in [1.54, 1.807) is 18.2 Å². The van der Waals surface area contributed by atoms with Crippen molar-refractivity contribution in [3.05, 3.63) is 52.5 Å². The molecule has 29 heavy (non-hydrogen) atoms. The highest BCUT2D eigenvalue weighted by atomic mass is 16.5. The molecule has 10 nitrogen and oxygen atoms in total. The maximum Gasteiger partial charge on any atom is 0.342 e. The van der Waals surface area contributed by atoms with E-state index in [2.05, 4.69) is 34.4 Å². The molecule has 3 rings (SSSR count). The summed E-state index contributed by atoms with van der Waals surface area (Å²) in [5, 5.41) is 20.5. The number of aromatic nitrogens is 6. The molecule has 10 heteroatoms. The first-order chi connectivity index (χ1) is 13.9. The number of hydrogen-bond donors (Lipinski definition) is 1. The van der Waals surface area contributed by atoms with Crippen LogP contribution in [0.4, 0.5) is 0 Å². The average Bonchev–Trinajstić information content (AvgIpc) is 3.22. The van der Waals surface area contributed by atoms with Crippen LogP contribution in [0.3, 0.4) is 0 Å². The van der Waals surface area contributed by atoms with Gasteiger partial charge in [0, 0.05) is 12.6 Å². The maximum atomic E-state index is 12.8. The van der Waals surface area contributed by atoms with E-state index in [0.29, 0.717) is 41.9 Å². The van der Waals surface area contributed by atoms with Crippen molar-refractivity contribution < 1.29 is 14.6 Å². The minimum Gasteiger partial charge on any atom is -0.491 e. The Morgan fingerprint density at radius 3 is 2.72 bits per heavy atom. The van der Waals surface area contributed by atoms with Crippen molar-refractivity contribution >= 4 is 5.97 Å². The number of tetrazole rings is 1. The number of aryl methyl sites for hydroxylation is 1. The standard InChI is InChI=1S/C19H22N6O4/c1-4-17-20-10-14(19(27)28)18(26)25(17)13-5-6-16(29-8-7-12(2)3)15(9-13)24-11-21-22-23-24/h5-6,9-12H,4,7-8H2,1-3H3,(H,27,28). The van der Waals surface area contributed by atoms with Gasteiger partial charge in [-0.3, -0.25) is 9.36 Å². The Balaban J connectivity index is 2.12. The van der Waals surface area contributed by atoms with Crippen LogP contribution in [0.5, 0.6) is 5.75 Å². The van der Waals surface area contributed by atoms with E-state index in [-0.39, 0.29) is 0 Å². The molecular weight excluding hydrogens is 376 g/mol. The molecule has 0 aliphatic rings. The van der Waals surface area contributed by atoms with Gasteiger partial charge < -0.3 is 9.84 Å². The van der Waals surface area contributed by atoms with Gasteiger partial charge in [-0.05, 0) is 41.0 Å². The van der Waals surface area contributed by atoms with E-state index in [1.165, 1.54) is 15.6 Å². The predicted molar refractivity (Wildman–Crippen MR) is 104 cm³/mol. The van der Waals surface area contributed by atoms with E-state index in [4.69, 9.17) is 4.74 Å². The Kier molecular flexibility index (Phi) is 6.01. The molecule has 3 aromatic rings. The van der Waals surface area contributed by atoms with Crippen molar-refractivity contribution in [1.82, 2.24) is 29.8 Å². The number of aromatic carboxylic acids is 1. The number of carboxylic acid groups (broad SMARTS) is 1. The maximum absolute atomic E-state index is 12.8. The molecule has 0 aliphatic heterocycles. The van der Waals surface area contributed by atoms with Crippen LogP contribution in [0.25, 0.3) is 11.4 Å². The zero-order chi connectivity index (χ0) is 21.0. The van der Waals surface area contributed by atoms with Crippen LogP contribution in [0.2, 0.25) is 0 Å². The Morgan fingerprint density at radius 1 is 1.31 bits per heavy atom. The number of nitrogens with zero attached hydrogens (tertiary/aromatic N) is 6. The normalized spacial score (nSPS) is 11.0. The van der Waals surface area contributed by atoms with Crippen molar-refractivity contribution in [2.75, 3.05) is 6.61 Å². The molecule has 0 bridgehead atoms. The third kappa shape index (κ3) is 4.31. The lowest BCUT2D eigenvalue weighted by molar-refractivity contribution is 0.0694. The molecule has 0 radical (unpaired) electrons. The molecule has 2 aromatic heterocycles. The van der Waals surface area contributed by atoms with Crippen LogP contribution in [-0.4, -0.2) is 47.4 Å². The van der Waals surface area contributed by atoms with E-state index < -0.39 is 17.1 Å². The summed E-state index contributed by atoms with van der Waals surface area (Å²) in [5.41, 5.74) is -0.0704. The van der Waals surface area contributed by atoms with Gasteiger partial charge in [0.15, 0.2) is 0 Å². The number of hydrogen-bond acceptors (Lipinski definition) is 7. The van der Waals surface area contributed by atoms with Gasteiger partial charge in [-0.15, -0.1) is 5.10 Å².